The lowest BCUT2D eigenvalue weighted by Gasteiger charge is -2.24. The molecule has 0 spiro atoms. The van der Waals surface area contributed by atoms with Crippen LogP contribution in [0.5, 0.6) is 5.75 Å². The van der Waals surface area contributed by atoms with Crippen LogP contribution < -0.4 is 10.6 Å². The molecule has 11 heteroatoms. The molecule has 0 fully saturated rings. The van der Waals surface area contributed by atoms with Gasteiger partial charge in [0.2, 0.25) is 5.91 Å². The summed E-state index contributed by atoms with van der Waals surface area (Å²) < 4.78 is 19.2. The number of nitrogens with one attached hydrogen (secondary N) is 2. The summed E-state index contributed by atoms with van der Waals surface area (Å²) in [6, 6.07) is 13.0. The summed E-state index contributed by atoms with van der Waals surface area (Å²) in [5, 5.41) is 15.0. The van der Waals surface area contributed by atoms with E-state index in [1.54, 1.807) is 57.4 Å². The summed E-state index contributed by atoms with van der Waals surface area (Å²) >= 11 is 1.37. The molecular formula is C35H39FN4O5S. The van der Waals surface area contributed by atoms with E-state index < -0.39 is 41.1 Å². The number of hydrogen-bond donors (Lipinski definition) is 3. The largest absolute Gasteiger partial charge is 0.505 e. The highest BCUT2D eigenvalue weighted by Crippen LogP contribution is 2.30. The first kappa shape index (κ1) is 34.2. The molecule has 9 nitrogen and oxygen atoms in total. The minimum Gasteiger partial charge on any atom is -0.505 e. The second-order valence-corrected chi connectivity index (χ2v) is 14.2. The lowest BCUT2D eigenvalue weighted by atomic mass is 9.95. The quantitative estimate of drug-likeness (QED) is 0.185. The van der Waals surface area contributed by atoms with Gasteiger partial charge in [0.05, 0.1) is 4.88 Å². The number of benzene rings is 2. The molecule has 242 valence electrons. The first-order valence-electron chi connectivity index (χ1n) is 14.8. The Morgan fingerprint density at radius 1 is 0.891 bits per heavy atom. The molecule has 46 heavy (non-hydrogen) atoms. The van der Waals surface area contributed by atoms with Gasteiger partial charge in [0.1, 0.15) is 17.7 Å². The van der Waals surface area contributed by atoms with Crippen LogP contribution in [0.15, 0.2) is 67.0 Å². The van der Waals surface area contributed by atoms with Gasteiger partial charge in [-0.1, -0.05) is 51.1 Å². The summed E-state index contributed by atoms with van der Waals surface area (Å²) in [5.74, 6) is -2.21. The molecule has 0 aliphatic carbocycles. The van der Waals surface area contributed by atoms with Gasteiger partial charge in [-0.25, -0.2) is 19.2 Å². The molecule has 4 rings (SSSR count). The molecule has 3 N–H and O–H groups in total. The molecular weight excluding hydrogens is 607 g/mol. The molecule has 2 aromatic carbocycles. The molecule has 2 heterocycles. The summed E-state index contributed by atoms with van der Waals surface area (Å²) in [6.07, 6.45) is 3.29. The van der Waals surface area contributed by atoms with Crippen LogP contribution in [-0.2, 0) is 26.2 Å². The molecule has 4 aromatic rings. The van der Waals surface area contributed by atoms with Gasteiger partial charge in [-0.2, -0.15) is 0 Å². The normalized spacial score (nSPS) is 13.0. The van der Waals surface area contributed by atoms with Crippen LogP contribution in [0.2, 0.25) is 0 Å². The second kappa shape index (κ2) is 13.8. The van der Waals surface area contributed by atoms with Crippen molar-refractivity contribution in [2.75, 3.05) is 0 Å². The molecule has 0 aliphatic rings. The number of ether oxygens (including phenoxy) is 1. The summed E-state index contributed by atoms with van der Waals surface area (Å²) in [6.45, 7) is 13.0. The molecule has 0 aliphatic heterocycles. The fourth-order valence-corrected chi connectivity index (χ4v) is 5.37. The van der Waals surface area contributed by atoms with Crippen molar-refractivity contribution in [2.24, 2.45) is 0 Å². The Kier molecular flexibility index (Phi) is 10.3. The van der Waals surface area contributed by atoms with E-state index in [-0.39, 0.29) is 17.7 Å². The van der Waals surface area contributed by atoms with E-state index in [0.29, 0.717) is 27.4 Å². The fourth-order valence-electron chi connectivity index (χ4n) is 4.40. The van der Waals surface area contributed by atoms with Crippen molar-refractivity contribution < 1.29 is 28.6 Å². The van der Waals surface area contributed by atoms with Crippen molar-refractivity contribution in [3.05, 3.63) is 88.1 Å². The van der Waals surface area contributed by atoms with Crippen LogP contribution in [0.4, 0.5) is 4.39 Å². The van der Waals surface area contributed by atoms with Gasteiger partial charge in [-0.3, -0.25) is 9.59 Å². The number of esters is 1. The SMILES string of the molecule is C[C@@H](NC(=O)[C@H](Cc1ccc(-c2ncc(-c3ccc(O)c(F)c3)cn2)cc1)NC(=O)c1ccc(C(C)(C)C)s1)C(=O)OC(C)(C)C. The molecule has 0 saturated carbocycles. The molecule has 2 amide bonds. The van der Waals surface area contributed by atoms with Crippen molar-refractivity contribution >= 4 is 29.1 Å². The lowest BCUT2D eigenvalue weighted by Crippen LogP contribution is -2.52. The zero-order chi connectivity index (χ0) is 33.8. The number of nitrogens with zero attached hydrogens (tertiary/aromatic N) is 2. The number of phenolic OH excluding ortho intramolecular Hbond substituents is 1. The number of carbonyl (C=O) groups excluding carboxylic acids is 3. The average molecular weight is 647 g/mol. The van der Waals surface area contributed by atoms with Gasteiger partial charge in [0.25, 0.3) is 5.91 Å². The molecule has 0 bridgehead atoms. The summed E-state index contributed by atoms with van der Waals surface area (Å²) in [4.78, 5) is 49.6. The van der Waals surface area contributed by atoms with Gasteiger partial charge in [-0.15, -0.1) is 11.3 Å². The second-order valence-electron chi connectivity index (χ2n) is 13.1. The molecule has 0 saturated heterocycles. The van der Waals surface area contributed by atoms with E-state index in [2.05, 4.69) is 41.4 Å². The zero-order valence-corrected chi connectivity index (χ0v) is 27.8. The molecule has 2 aromatic heterocycles. The standard InChI is InChI=1S/C35H39FN4O5S/c1-20(33(44)45-35(5,6)7)39-31(42)26(40-32(43)28-14-15-29(46-28)34(2,3)4)16-21-8-10-22(11-9-21)30-37-18-24(19-38-30)23-12-13-27(41)25(36)17-23/h8-15,17-20,26,41H,16H2,1-7H3,(H,39,42)(H,40,43)/t20-,26+/m1/s1. The highest BCUT2D eigenvalue weighted by atomic mass is 32.1. The summed E-state index contributed by atoms with van der Waals surface area (Å²) in [7, 11) is 0. The van der Waals surface area contributed by atoms with Gasteiger partial charge in [-0.05, 0) is 68.5 Å². The van der Waals surface area contributed by atoms with Crippen LogP contribution >= 0.6 is 11.3 Å². The van der Waals surface area contributed by atoms with E-state index in [9.17, 15) is 23.9 Å². The highest BCUT2D eigenvalue weighted by Gasteiger charge is 2.28. The third-order valence-corrected chi connectivity index (χ3v) is 8.40. The van der Waals surface area contributed by atoms with Gasteiger partial charge >= 0.3 is 5.97 Å². The third kappa shape index (κ3) is 8.97. The maximum Gasteiger partial charge on any atom is 0.328 e. The Morgan fingerprint density at radius 2 is 1.52 bits per heavy atom. The number of thiophene rings is 1. The minimum absolute atomic E-state index is 0.127. The van der Waals surface area contributed by atoms with E-state index >= 15 is 0 Å². The Bertz CT molecular complexity index is 1710. The van der Waals surface area contributed by atoms with Crippen LogP contribution in [0, 0.1) is 5.82 Å². The minimum atomic E-state index is -0.982. The third-order valence-electron chi connectivity index (χ3n) is 6.89. The molecule has 0 radical (unpaired) electrons. The molecule has 2 atom stereocenters. The van der Waals surface area contributed by atoms with Crippen LogP contribution in [0.1, 0.15) is 68.6 Å². The Labute approximate surface area is 272 Å². The first-order chi connectivity index (χ1) is 21.5. The lowest BCUT2D eigenvalue weighted by molar-refractivity contribution is -0.158. The Morgan fingerprint density at radius 3 is 2.09 bits per heavy atom. The number of aromatic hydroxyl groups is 1. The summed E-state index contributed by atoms with van der Waals surface area (Å²) in [5.41, 5.74) is 1.74. The first-order valence-corrected chi connectivity index (χ1v) is 15.7. The zero-order valence-electron chi connectivity index (χ0n) is 27.0. The number of hydrogen-bond acceptors (Lipinski definition) is 8. The van der Waals surface area contributed by atoms with Crippen molar-refractivity contribution in [2.45, 2.75) is 78.0 Å². The highest BCUT2D eigenvalue weighted by molar-refractivity contribution is 7.14. The van der Waals surface area contributed by atoms with Crippen molar-refractivity contribution in [3.63, 3.8) is 0 Å². The number of halogens is 1. The molecule has 0 unspecified atom stereocenters. The van der Waals surface area contributed by atoms with E-state index in [1.165, 1.54) is 30.4 Å². The number of rotatable bonds is 9. The maximum absolute atomic E-state index is 13.8. The monoisotopic (exact) mass is 646 g/mol. The Balaban J connectivity index is 1.51. The van der Waals surface area contributed by atoms with Gasteiger partial charge in [0, 0.05) is 34.8 Å². The van der Waals surface area contributed by atoms with Crippen LogP contribution in [0.25, 0.3) is 22.5 Å². The topological polar surface area (TPSA) is 131 Å². The van der Waals surface area contributed by atoms with Crippen LogP contribution in [-0.4, -0.2) is 50.5 Å². The maximum atomic E-state index is 13.8. The van der Waals surface area contributed by atoms with Crippen LogP contribution in [0.3, 0.4) is 0 Å². The number of aromatic nitrogens is 2. The average Bonchev–Trinajstić information content (AvgIpc) is 3.49. The predicted molar refractivity (Wildman–Crippen MR) is 176 cm³/mol. The fraction of sp³-hybridized carbons (Fsp3) is 0.343. The van der Waals surface area contributed by atoms with Crippen molar-refractivity contribution in [1.82, 2.24) is 20.6 Å². The number of phenols is 1. The van der Waals surface area contributed by atoms with Gasteiger partial charge in [0.15, 0.2) is 17.4 Å². The Hall–Kier alpha value is -4.64. The number of carbonyl (C=O) groups is 3. The van der Waals surface area contributed by atoms with Crippen molar-refractivity contribution in [1.29, 1.82) is 0 Å². The predicted octanol–water partition coefficient (Wildman–Crippen LogP) is 6.20. The van der Waals surface area contributed by atoms with E-state index in [1.807, 2.05) is 18.2 Å². The number of amides is 2. The smallest absolute Gasteiger partial charge is 0.328 e. The van der Waals surface area contributed by atoms with Crippen molar-refractivity contribution in [3.8, 4) is 28.3 Å². The van der Waals surface area contributed by atoms with Gasteiger partial charge < -0.3 is 20.5 Å². The van der Waals surface area contributed by atoms with E-state index in [4.69, 9.17) is 4.74 Å². The van der Waals surface area contributed by atoms with E-state index in [0.717, 1.165) is 10.4 Å².